The third kappa shape index (κ3) is 5.35. The highest BCUT2D eigenvalue weighted by molar-refractivity contribution is 5.94. The SMILES string of the molecule is Cc1cc(C)n(Cc2ccc(C(=O)NC(C)CC(C)(C)c3ccccc3)cc2)n1. The number of carbonyl (C=O) groups excluding carboxylic acids is 1. The Bertz CT molecular complexity index is 955. The first-order valence-corrected chi connectivity index (χ1v) is 10.2. The van der Waals surface area contributed by atoms with Gasteiger partial charge in [-0.15, -0.1) is 0 Å². The van der Waals surface area contributed by atoms with Gasteiger partial charge in [0.15, 0.2) is 0 Å². The van der Waals surface area contributed by atoms with Crippen molar-refractivity contribution in [2.45, 2.75) is 59.0 Å². The van der Waals surface area contributed by atoms with Crippen LogP contribution in [0, 0.1) is 13.8 Å². The van der Waals surface area contributed by atoms with Gasteiger partial charge in [-0.25, -0.2) is 0 Å². The van der Waals surface area contributed by atoms with E-state index in [1.165, 1.54) is 5.56 Å². The van der Waals surface area contributed by atoms with Gasteiger partial charge in [-0.05, 0) is 61.9 Å². The molecule has 0 saturated carbocycles. The van der Waals surface area contributed by atoms with E-state index in [9.17, 15) is 4.79 Å². The Morgan fingerprint density at radius 2 is 1.72 bits per heavy atom. The predicted molar refractivity (Wildman–Crippen MR) is 118 cm³/mol. The first kappa shape index (κ1) is 20.8. The molecule has 152 valence electrons. The highest BCUT2D eigenvalue weighted by Crippen LogP contribution is 2.28. The summed E-state index contributed by atoms with van der Waals surface area (Å²) in [6.07, 6.45) is 0.874. The summed E-state index contributed by atoms with van der Waals surface area (Å²) in [5.74, 6) is -0.0287. The van der Waals surface area contributed by atoms with Crippen LogP contribution in [0.25, 0.3) is 0 Å². The fraction of sp³-hybridized carbons (Fsp3) is 0.360. The van der Waals surface area contributed by atoms with E-state index in [1.54, 1.807) is 0 Å². The molecule has 4 heteroatoms. The van der Waals surface area contributed by atoms with Gasteiger partial charge in [-0.2, -0.15) is 5.10 Å². The van der Waals surface area contributed by atoms with Gasteiger partial charge in [0.05, 0.1) is 12.2 Å². The number of hydrogen-bond donors (Lipinski definition) is 1. The van der Waals surface area contributed by atoms with Crippen molar-refractivity contribution < 1.29 is 4.79 Å². The number of rotatable bonds is 7. The highest BCUT2D eigenvalue weighted by Gasteiger charge is 2.24. The number of amides is 1. The second-order valence-corrected chi connectivity index (χ2v) is 8.61. The molecule has 0 aliphatic rings. The van der Waals surface area contributed by atoms with Crippen LogP contribution in [0.1, 0.15) is 60.1 Å². The van der Waals surface area contributed by atoms with E-state index in [0.29, 0.717) is 12.1 Å². The summed E-state index contributed by atoms with van der Waals surface area (Å²) in [6.45, 7) is 11.3. The number of benzene rings is 2. The van der Waals surface area contributed by atoms with Crippen LogP contribution in [0.5, 0.6) is 0 Å². The van der Waals surface area contributed by atoms with Crippen molar-refractivity contribution in [2.24, 2.45) is 0 Å². The minimum absolute atomic E-state index is 0.00241. The number of nitrogens with one attached hydrogen (secondary N) is 1. The van der Waals surface area contributed by atoms with Crippen LogP contribution >= 0.6 is 0 Å². The third-order valence-corrected chi connectivity index (χ3v) is 5.40. The lowest BCUT2D eigenvalue weighted by Crippen LogP contribution is -2.37. The zero-order valence-electron chi connectivity index (χ0n) is 18.1. The van der Waals surface area contributed by atoms with Crippen molar-refractivity contribution in [1.82, 2.24) is 15.1 Å². The standard InChI is InChI=1S/C25H31N3O/c1-18-15-20(3)28(27-18)17-21-11-13-22(14-12-21)24(29)26-19(2)16-25(4,5)23-9-7-6-8-10-23/h6-15,19H,16-17H2,1-5H3,(H,26,29). The smallest absolute Gasteiger partial charge is 0.251 e. The zero-order chi connectivity index (χ0) is 21.0. The minimum Gasteiger partial charge on any atom is -0.350 e. The summed E-state index contributed by atoms with van der Waals surface area (Å²) in [4.78, 5) is 12.7. The molecule has 29 heavy (non-hydrogen) atoms. The number of nitrogens with zero attached hydrogens (tertiary/aromatic N) is 2. The van der Waals surface area contributed by atoms with Crippen LogP contribution in [0.15, 0.2) is 60.7 Å². The van der Waals surface area contributed by atoms with Crippen LogP contribution in [0.2, 0.25) is 0 Å². The van der Waals surface area contributed by atoms with Crippen LogP contribution in [0.4, 0.5) is 0 Å². The maximum atomic E-state index is 12.7. The van der Waals surface area contributed by atoms with E-state index < -0.39 is 0 Å². The zero-order valence-corrected chi connectivity index (χ0v) is 18.1. The molecule has 0 spiro atoms. The van der Waals surface area contributed by atoms with Crippen LogP contribution in [0.3, 0.4) is 0 Å². The van der Waals surface area contributed by atoms with Gasteiger partial charge < -0.3 is 5.32 Å². The fourth-order valence-corrected chi connectivity index (χ4v) is 3.90. The van der Waals surface area contributed by atoms with Gasteiger partial charge in [-0.1, -0.05) is 56.3 Å². The molecule has 4 nitrogen and oxygen atoms in total. The minimum atomic E-state index is -0.0287. The molecule has 1 heterocycles. The average molecular weight is 390 g/mol. The van der Waals surface area contributed by atoms with Gasteiger partial charge in [0.1, 0.15) is 0 Å². The lowest BCUT2D eigenvalue weighted by molar-refractivity contribution is 0.0934. The van der Waals surface area contributed by atoms with Crippen molar-refractivity contribution >= 4 is 5.91 Å². The summed E-state index contributed by atoms with van der Waals surface area (Å²) in [6, 6.07) is 20.4. The molecule has 2 aromatic carbocycles. The number of aryl methyl sites for hydroxylation is 2. The summed E-state index contributed by atoms with van der Waals surface area (Å²) >= 11 is 0. The first-order chi connectivity index (χ1) is 13.7. The second-order valence-electron chi connectivity index (χ2n) is 8.61. The predicted octanol–water partition coefficient (Wildman–Crippen LogP) is 5.03. The van der Waals surface area contributed by atoms with Gasteiger partial charge in [0, 0.05) is 17.3 Å². The molecule has 1 atom stereocenters. The lowest BCUT2D eigenvalue weighted by Gasteiger charge is -2.29. The second kappa shape index (κ2) is 8.64. The lowest BCUT2D eigenvalue weighted by atomic mass is 9.79. The van der Waals surface area contributed by atoms with Crippen LogP contribution in [-0.4, -0.2) is 21.7 Å². The Hall–Kier alpha value is -2.88. The van der Waals surface area contributed by atoms with Crippen LogP contribution < -0.4 is 5.32 Å². The summed E-state index contributed by atoms with van der Waals surface area (Å²) in [5.41, 5.74) is 5.26. The molecule has 0 aliphatic heterocycles. The van der Waals surface area contributed by atoms with Gasteiger partial charge in [0.25, 0.3) is 5.91 Å². The Balaban J connectivity index is 1.59. The Kier molecular flexibility index (Phi) is 6.21. The molecule has 0 saturated heterocycles. The van der Waals surface area contributed by atoms with Gasteiger partial charge in [-0.3, -0.25) is 9.48 Å². The average Bonchev–Trinajstić information content (AvgIpc) is 2.99. The van der Waals surface area contributed by atoms with Gasteiger partial charge >= 0.3 is 0 Å². The fourth-order valence-electron chi connectivity index (χ4n) is 3.90. The van der Waals surface area contributed by atoms with E-state index in [1.807, 2.05) is 41.9 Å². The largest absolute Gasteiger partial charge is 0.350 e. The Labute approximate surface area is 174 Å². The van der Waals surface area contributed by atoms with E-state index in [-0.39, 0.29) is 17.4 Å². The summed E-state index contributed by atoms with van der Waals surface area (Å²) < 4.78 is 1.98. The number of carbonyl (C=O) groups is 1. The normalized spacial score (nSPS) is 12.6. The monoisotopic (exact) mass is 389 g/mol. The maximum absolute atomic E-state index is 12.7. The molecular weight excluding hydrogens is 358 g/mol. The van der Waals surface area contributed by atoms with Crippen molar-refractivity contribution in [3.63, 3.8) is 0 Å². The highest BCUT2D eigenvalue weighted by atomic mass is 16.1. The van der Waals surface area contributed by atoms with E-state index in [2.05, 4.69) is 68.4 Å². The quantitative estimate of drug-likeness (QED) is 0.616. The molecule has 1 unspecified atom stereocenters. The number of hydrogen-bond acceptors (Lipinski definition) is 2. The molecule has 3 rings (SSSR count). The molecular formula is C25H31N3O. The molecule has 0 fully saturated rings. The molecule has 1 N–H and O–H groups in total. The van der Waals surface area contributed by atoms with E-state index in [4.69, 9.17) is 0 Å². The van der Waals surface area contributed by atoms with Crippen LogP contribution in [-0.2, 0) is 12.0 Å². The molecule has 3 aromatic rings. The molecule has 0 radical (unpaired) electrons. The van der Waals surface area contributed by atoms with E-state index >= 15 is 0 Å². The topological polar surface area (TPSA) is 46.9 Å². The molecule has 1 aromatic heterocycles. The molecule has 1 amide bonds. The summed E-state index contributed by atoms with van der Waals surface area (Å²) in [7, 11) is 0. The summed E-state index contributed by atoms with van der Waals surface area (Å²) in [5, 5.41) is 7.65. The maximum Gasteiger partial charge on any atom is 0.251 e. The van der Waals surface area contributed by atoms with Crippen molar-refractivity contribution in [3.8, 4) is 0 Å². The first-order valence-electron chi connectivity index (χ1n) is 10.2. The third-order valence-electron chi connectivity index (χ3n) is 5.40. The molecule has 0 bridgehead atoms. The van der Waals surface area contributed by atoms with Crippen molar-refractivity contribution in [1.29, 1.82) is 0 Å². The Morgan fingerprint density at radius 1 is 1.07 bits per heavy atom. The van der Waals surface area contributed by atoms with Crippen molar-refractivity contribution in [3.05, 3.63) is 88.7 Å². The number of aromatic nitrogens is 2. The van der Waals surface area contributed by atoms with Crippen molar-refractivity contribution in [2.75, 3.05) is 0 Å². The Morgan fingerprint density at radius 3 is 2.31 bits per heavy atom. The van der Waals surface area contributed by atoms with E-state index in [0.717, 1.165) is 23.4 Å². The van der Waals surface area contributed by atoms with Gasteiger partial charge in [0.2, 0.25) is 0 Å². The molecule has 0 aliphatic carbocycles.